The third kappa shape index (κ3) is 5.60. The molecular weight excluding hydrogens is 260 g/mol. The second-order valence-corrected chi connectivity index (χ2v) is 5.20. The van der Waals surface area contributed by atoms with Crippen molar-refractivity contribution in [1.82, 2.24) is 15.5 Å². The average Bonchev–Trinajstić information content (AvgIpc) is 2.50. The van der Waals surface area contributed by atoms with Crippen molar-refractivity contribution in [1.29, 1.82) is 0 Å². The van der Waals surface area contributed by atoms with Gasteiger partial charge in [-0.15, -0.1) is 6.58 Å². The van der Waals surface area contributed by atoms with Gasteiger partial charge >= 0.3 is 0 Å². The number of guanidine groups is 1. The molecule has 0 heterocycles. The second-order valence-electron chi connectivity index (χ2n) is 5.20. The highest BCUT2D eigenvalue weighted by molar-refractivity contribution is 5.79. The van der Waals surface area contributed by atoms with Crippen LogP contribution in [0.15, 0.2) is 41.9 Å². The highest BCUT2D eigenvalue weighted by Gasteiger charge is 2.14. The van der Waals surface area contributed by atoms with Crippen LogP contribution in [0.1, 0.15) is 24.1 Å². The highest BCUT2D eigenvalue weighted by Crippen LogP contribution is 2.18. The first-order valence-electron chi connectivity index (χ1n) is 7.43. The van der Waals surface area contributed by atoms with Gasteiger partial charge < -0.3 is 15.5 Å². The molecule has 116 valence electrons. The van der Waals surface area contributed by atoms with Crippen LogP contribution in [0, 0.1) is 0 Å². The van der Waals surface area contributed by atoms with Crippen LogP contribution in [0.2, 0.25) is 0 Å². The van der Waals surface area contributed by atoms with Crippen LogP contribution >= 0.6 is 0 Å². The summed E-state index contributed by atoms with van der Waals surface area (Å²) in [4.78, 5) is 6.42. The molecule has 2 N–H and O–H groups in total. The predicted molar refractivity (Wildman–Crippen MR) is 91.8 cm³/mol. The van der Waals surface area contributed by atoms with Gasteiger partial charge in [-0.1, -0.05) is 37.3 Å². The van der Waals surface area contributed by atoms with Crippen LogP contribution in [0.25, 0.3) is 0 Å². The van der Waals surface area contributed by atoms with Crippen molar-refractivity contribution in [2.45, 2.75) is 19.4 Å². The molecule has 1 atom stereocenters. The van der Waals surface area contributed by atoms with Crippen LogP contribution in [-0.4, -0.2) is 45.1 Å². The largest absolute Gasteiger partial charge is 0.354 e. The van der Waals surface area contributed by atoms with Gasteiger partial charge in [0.05, 0.1) is 6.04 Å². The quantitative estimate of drug-likeness (QED) is 0.459. The van der Waals surface area contributed by atoms with E-state index in [9.17, 15) is 0 Å². The van der Waals surface area contributed by atoms with E-state index in [-0.39, 0.29) is 0 Å². The van der Waals surface area contributed by atoms with Gasteiger partial charge in [0.2, 0.25) is 0 Å². The molecule has 0 aromatic heterocycles. The zero-order valence-corrected chi connectivity index (χ0v) is 13.7. The lowest BCUT2D eigenvalue weighted by Gasteiger charge is -2.26. The van der Waals surface area contributed by atoms with Gasteiger partial charge in [0, 0.05) is 20.1 Å². The van der Waals surface area contributed by atoms with E-state index in [0.717, 1.165) is 18.9 Å². The van der Waals surface area contributed by atoms with Crippen molar-refractivity contribution in [2.75, 3.05) is 34.2 Å². The topological polar surface area (TPSA) is 39.7 Å². The van der Waals surface area contributed by atoms with Gasteiger partial charge in [0.15, 0.2) is 5.96 Å². The average molecular weight is 288 g/mol. The molecule has 0 saturated heterocycles. The van der Waals surface area contributed by atoms with Crippen molar-refractivity contribution in [2.24, 2.45) is 4.99 Å². The van der Waals surface area contributed by atoms with Crippen LogP contribution in [0.3, 0.4) is 0 Å². The summed E-state index contributed by atoms with van der Waals surface area (Å²) in [6, 6.07) is 9.14. The molecule has 0 saturated carbocycles. The Morgan fingerprint density at radius 1 is 1.29 bits per heavy atom. The number of nitrogens with zero attached hydrogens (tertiary/aromatic N) is 2. The number of hydrogen-bond donors (Lipinski definition) is 2. The van der Waals surface area contributed by atoms with Crippen molar-refractivity contribution in [3.8, 4) is 0 Å². The lowest BCUT2D eigenvalue weighted by molar-refractivity contribution is 0.298. The number of nitrogens with one attached hydrogen (secondary N) is 2. The van der Waals surface area contributed by atoms with Crippen LogP contribution in [0.5, 0.6) is 0 Å². The molecule has 0 radical (unpaired) electrons. The van der Waals surface area contributed by atoms with E-state index in [0.29, 0.717) is 12.6 Å². The molecule has 1 aromatic rings. The molecular formula is C17H28N4. The van der Waals surface area contributed by atoms with Gasteiger partial charge in [-0.2, -0.15) is 0 Å². The van der Waals surface area contributed by atoms with Gasteiger partial charge in [-0.3, -0.25) is 4.99 Å². The minimum Gasteiger partial charge on any atom is -0.354 e. The number of aryl methyl sites for hydroxylation is 1. The number of hydrogen-bond acceptors (Lipinski definition) is 2. The van der Waals surface area contributed by atoms with Crippen molar-refractivity contribution >= 4 is 5.96 Å². The van der Waals surface area contributed by atoms with Gasteiger partial charge in [0.1, 0.15) is 0 Å². The van der Waals surface area contributed by atoms with Gasteiger partial charge in [-0.05, 0) is 31.6 Å². The third-order valence-corrected chi connectivity index (χ3v) is 3.50. The Balaban J connectivity index is 2.70. The van der Waals surface area contributed by atoms with E-state index in [1.54, 1.807) is 7.05 Å². The second kappa shape index (κ2) is 9.19. The SMILES string of the molecule is C=CCNC(=NC)NCC(c1ccc(CC)cc1)N(C)C. The van der Waals surface area contributed by atoms with Crippen LogP contribution in [0.4, 0.5) is 0 Å². The Morgan fingerprint density at radius 2 is 1.95 bits per heavy atom. The fraction of sp³-hybridized carbons (Fsp3) is 0.471. The molecule has 0 fully saturated rings. The monoisotopic (exact) mass is 288 g/mol. The van der Waals surface area contributed by atoms with E-state index in [1.807, 2.05) is 6.08 Å². The number of aliphatic imine (C=N–C) groups is 1. The van der Waals surface area contributed by atoms with Crippen LogP contribution in [-0.2, 0) is 6.42 Å². The minimum atomic E-state index is 0.304. The summed E-state index contributed by atoms with van der Waals surface area (Å²) in [6.07, 6.45) is 2.89. The Labute approximate surface area is 129 Å². The van der Waals surface area contributed by atoms with Crippen LogP contribution < -0.4 is 10.6 Å². The van der Waals surface area contributed by atoms with E-state index < -0.39 is 0 Å². The smallest absolute Gasteiger partial charge is 0.191 e. The number of likely N-dealkylation sites (N-methyl/N-ethyl adjacent to an activating group) is 1. The first kappa shape index (κ1) is 17.2. The Morgan fingerprint density at radius 3 is 2.43 bits per heavy atom. The van der Waals surface area contributed by atoms with Crippen molar-refractivity contribution < 1.29 is 0 Å². The van der Waals surface area contributed by atoms with E-state index in [1.165, 1.54) is 11.1 Å². The summed E-state index contributed by atoms with van der Waals surface area (Å²) in [5.41, 5.74) is 2.68. The summed E-state index contributed by atoms with van der Waals surface area (Å²) < 4.78 is 0. The molecule has 0 aliphatic carbocycles. The lowest BCUT2D eigenvalue weighted by Crippen LogP contribution is -2.41. The summed E-state index contributed by atoms with van der Waals surface area (Å²) in [6.45, 7) is 7.38. The number of rotatable bonds is 7. The standard InChI is InChI=1S/C17H28N4/c1-6-12-19-17(18-3)20-13-16(21(4)5)15-10-8-14(7-2)9-11-15/h6,8-11,16H,1,7,12-13H2,2-5H3,(H2,18,19,20). The fourth-order valence-electron chi connectivity index (χ4n) is 2.16. The molecule has 0 bridgehead atoms. The summed E-state index contributed by atoms with van der Waals surface area (Å²) in [5.74, 6) is 0.798. The molecule has 1 unspecified atom stereocenters. The van der Waals surface area contributed by atoms with E-state index in [4.69, 9.17) is 0 Å². The molecule has 4 nitrogen and oxygen atoms in total. The first-order valence-corrected chi connectivity index (χ1v) is 7.43. The zero-order valence-electron chi connectivity index (χ0n) is 13.7. The molecule has 0 amide bonds. The van der Waals surface area contributed by atoms with Gasteiger partial charge in [0.25, 0.3) is 0 Å². The van der Waals surface area contributed by atoms with Crippen molar-refractivity contribution in [3.63, 3.8) is 0 Å². The molecule has 0 spiro atoms. The summed E-state index contributed by atoms with van der Waals surface area (Å²) in [7, 11) is 5.97. The third-order valence-electron chi connectivity index (χ3n) is 3.50. The Bertz CT molecular complexity index is 448. The molecule has 0 aliphatic heterocycles. The zero-order chi connectivity index (χ0) is 15.7. The first-order chi connectivity index (χ1) is 10.1. The summed E-state index contributed by atoms with van der Waals surface area (Å²) in [5, 5.41) is 6.55. The number of benzene rings is 1. The molecule has 1 aromatic carbocycles. The Kier molecular flexibility index (Phi) is 7.54. The van der Waals surface area contributed by atoms with E-state index >= 15 is 0 Å². The maximum absolute atomic E-state index is 4.21. The molecule has 0 aliphatic rings. The maximum atomic E-state index is 4.21. The lowest BCUT2D eigenvalue weighted by atomic mass is 10.0. The van der Waals surface area contributed by atoms with E-state index in [2.05, 4.69) is 72.4 Å². The predicted octanol–water partition coefficient (Wildman–Crippen LogP) is 2.20. The fourth-order valence-corrected chi connectivity index (χ4v) is 2.16. The maximum Gasteiger partial charge on any atom is 0.191 e. The molecule has 4 heteroatoms. The minimum absolute atomic E-state index is 0.304. The molecule has 1 rings (SSSR count). The normalized spacial score (nSPS) is 13.1. The Hall–Kier alpha value is -1.81. The van der Waals surface area contributed by atoms with Crippen molar-refractivity contribution in [3.05, 3.63) is 48.0 Å². The van der Waals surface area contributed by atoms with Gasteiger partial charge in [-0.25, -0.2) is 0 Å². The highest BCUT2D eigenvalue weighted by atomic mass is 15.2. The molecule has 21 heavy (non-hydrogen) atoms. The summed E-state index contributed by atoms with van der Waals surface area (Å²) >= 11 is 0.